The number of methoxy groups -OCH3 is 1. The number of phenols is 1. The van der Waals surface area contributed by atoms with Crippen molar-refractivity contribution in [3.05, 3.63) is 23.8 Å². The number of nitrogens with one attached hydrogen (secondary N) is 1. The summed E-state index contributed by atoms with van der Waals surface area (Å²) in [7, 11) is 1.52. The Bertz CT molecular complexity index is 484. The van der Waals surface area contributed by atoms with E-state index in [9.17, 15) is 9.90 Å². The summed E-state index contributed by atoms with van der Waals surface area (Å²) < 4.78 is 5.01. The van der Waals surface area contributed by atoms with Gasteiger partial charge < -0.3 is 20.1 Å². The zero-order valence-electron chi connectivity index (χ0n) is 12.8. The number of carbonyl (C=O) groups excluding carboxylic acids is 1. The lowest BCUT2D eigenvalue weighted by Crippen LogP contribution is -2.46. The van der Waals surface area contributed by atoms with Crippen LogP contribution in [0.25, 0.3) is 0 Å². The summed E-state index contributed by atoms with van der Waals surface area (Å²) in [5.41, 5.74) is 0.923. The SMILES string of the molecule is COc1ccc(CNC(C)C(=O)N2CCCCC2)cc1O. The molecule has 1 aliphatic rings. The van der Waals surface area contributed by atoms with Crippen LogP contribution in [-0.4, -0.2) is 42.2 Å². The van der Waals surface area contributed by atoms with Gasteiger partial charge in [-0.2, -0.15) is 0 Å². The van der Waals surface area contributed by atoms with Crippen LogP contribution in [0.2, 0.25) is 0 Å². The molecular weight excluding hydrogens is 268 g/mol. The van der Waals surface area contributed by atoms with Crippen LogP contribution in [0.15, 0.2) is 18.2 Å². The van der Waals surface area contributed by atoms with Gasteiger partial charge in [-0.3, -0.25) is 4.79 Å². The minimum Gasteiger partial charge on any atom is -0.504 e. The number of ether oxygens (including phenoxy) is 1. The minimum atomic E-state index is -0.215. The number of likely N-dealkylation sites (tertiary alicyclic amines) is 1. The lowest BCUT2D eigenvalue weighted by atomic mass is 10.1. The maximum absolute atomic E-state index is 12.3. The van der Waals surface area contributed by atoms with Gasteiger partial charge in [0.2, 0.25) is 5.91 Å². The van der Waals surface area contributed by atoms with Crippen LogP contribution >= 0.6 is 0 Å². The molecule has 1 unspecified atom stereocenters. The minimum absolute atomic E-state index is 0.117. The van der Waals surface area contributed by atoms with Crippen molar-refractivity contribution in [2.75, 3.05) is 20.2 Å². The first-order chi connectivity index (χ1) is 10.1. The molecule has 116 valence electrons. The lowest BCUT2D eigenvalue weighted by Gasteiger charge is -2.29. The molecule has 0 bridgehead atoms. The van der Waals surface area contributed by atoms with Gasteiger partial charge >= 0.3 is 0 Å². The van der Waals surface area contributed by atoms with Crippen LogP contribution in [0.4, 0.5) is 0 Å². The van der Waals surface area contributed by atoms with E-state index in [1.165, 1.54) is 13.5 Å². The number of amides is 1. The lowest BCUT2D eigenvalue weighted by molar-refractivity contribution is -0.133. The van der Waals surface area contributed by atoms with Crippen molar-refractivity contribution in [2.24, 2.45) is 0 Å². The number of hydrogen-bond donors (Lipinski definition) is 2. The van der Waals surface area contributed by atoms with Crippen LogP contribution < -0.4 is 10.1 Å². The van der Waals surface area contributed by atoms with E-state index in [0.717, 1.165) is 31.5 Å². The van der Waals surface area contributed by atoms with E-state index in [1.807, 2.05) is 17.9 Å². The van der Waals surface area contributed by atoms with Gasteiger partial charge in [-0.1, -0.05) is 6.07 Å². The number of hydrogen-bond acceptors (Lipinski definition) is 4. The molecule has 0 aromatic heterocycles. The average molecular weight is 292 g/mol. The van der Waals surface area contributed by atoms with Crippen molar-refractivity contribution in [2.45, 2.75) is 38.8 Å². The Morgan fingerprint density at radius 3 is 2.71 bits per heavy atom. The zero-order valence-corrected chi connectivity index (χ0v) is 12.8. The van der Waals surface area contributed by atoms with Gasteiger partial charge in [0, 0.05) is 19.6 Å². The van der Waals surface area contributed by atoms with Gasteiger partial charge in [-0.25, -0.2) is 0 Å². The molecule has 1 saturated heterocycles. The number of carbonyl (C=O) groups is 1. The number of aromatic hydroxyl groups is 1. The molecule has 2 N–H and O–H groups in total. The van der Waals surface area contributed by atoms with Gasteiger partial charge in [0.15, 0.2) is 11.5 Å². The van der Waals surface area contributed by atoms with Crippen LogP contribution in [0.1, 0.15) is 31.7 Å². The predicted octanol–water partition coefficient (Wildman–Crippen LogP) is 1.89. The molecule has 2 rings (SSSR count). The molecule has 1 fully saturated rings. The second kappa shape index (κ2) is 7.31. The number of piperidine rings is 1. The number of rotatable bonds is 5. The predicted molar refractivity (Wildman–Crippen MR) is 81.4 cm³/mol. The maximum atomic E-state index is 12.3. The smallest absolute Gasteiger partial charge is 0.239 e. The highest BCUT2D eigenvalue weighted by Crippen LogP contribution is 2.26. The molecule has 21 heavy (non-hydrogen) atoms. The molecule has 1 aliphatic heterocycles. The standard InChI is InChI=1S/C16H24N2O3/c1-12(16(20)18-8-4-3-5-9-18)17-11-13-6-7-15(21-2)14(19)10-13/h6-7,10,12,17,19H,3-5,8-9,11H2,1-2H3. The molecule has 0 aliphatic carbocycles. The molecule has 1 aromatic carbocycles. The molecule has 5 nitrogen and oxygen atoms in total. The Kier molecular flexibility index (Phi) is 5.44. The highest BCUT2D eigenvalue weighted by Gasteiger charge is 2.21. The van der Waals surface area contributed by atoms with E-state index in [2.05, 4.69) is 5.32 Å². The Labute approximate surface area is 125 Å². The van der Waals surface area contributed by atoms with Crippen molar-refractivity contribution in [3.63, 3.8) is 0 Å². The van der Waals surface area contributed by atoms with Crippen molar-refractivity contribution in [1.82, 2.24) is 10.2 Å². The number of benzene rings is 1. The molecule has 1 heterocycles. The van der Waals surface area contributed by atoms with E-state index in [-0.39, 0.29) is 17.7 Å². The summed E-state index contributed by atoms with van der Waals surface area (Å²) >= 11 is 0. The Hall–Kier alpha value is -1.75. The molecule has 1 atom stereocenters. The van der Waals surface area contributed by atoms with E-state index >= 15 is 0 Å². The van der Waals surface area contributed by atoms with E-state index in [0.29, 0.717) is 12.3 Å². The van der Waals surface area contributed by atoms with Gasteiger partial charge in [-0.05, 0) is 43.9 Å². The van der Waals surface area contributed by atoms with Gasteiger partial charge in [0.05, 0.1) is 13.2 Å². The maximum Gasteiger partial charge on any atom is 0.239 e. The third kappa shape index (κ3) is 4.11. The van der Waals surface area contributed by atoms with Crippen molar-refractivity contribution in [3.8, 4) is 11.5 Å². The van der Waals surface area contributed by atoms with E-state index in [4.69, 9.17) is 4.74 Å². The highest BCUT2D eigenvalue weighted by molar-refractivity contribution is 5.81. The first kappa shape index (κ1) is 15.6. The fourth-order valence-corrected chi connectivity index (χ4v) is 2.59. The summed E-state index contributed by atoms with van der Waals surface area (Å²) in [4.78, 5) is 14.2. The molecule has 0 spiro atoms. The molecular formula is C16H24N2O3. The largest absolute Gasteiger partial charge is 0.504 e. The molecule has 0 radical (unpaired) electrons. The zero-order chi connectivity index (χ0) is 15.2. The topological polar surface area (TPSA) is 61.8 Å². The third-order valence-corrected chi connectivity index (χ3v) is 3.89. The Morgan fingerprint density at radius 1 is 1.38 bits per heavy atom. The molecule has 1 aromatic rings. The summed E-state index contributed by atoms with van der Waals surface area (Å²) in [6.07, 6.45) is 3.42. The Balaban J connectivity index is 1.86. The van der Waals surface area contributed by atoms with Crippen LogP contribution in [-0.2, 0) is 11.3 Å². The fourth-order valence-electron chi connectivity index (χ4n) is 2.59. The molecule has 0 saturated carbocycles. The Morgan fingerprint density at radius 2 is 2.10 bits per heavy atom. The van der Waals surface area contributed by atoms with Crippen LogP contribution in [0, 0.1) is 0 Å². The summed E-state index contributed by atoms with van der Waals surface area (Å²) in [6, 6.07) is 5.05. The summed E-state index contributed by atoms with van der Waals surface area (Å²) in [5.74, 6) is 0.732. The second-order valence-corrected chi connectivity index (χ2v) is 5.49. The third-order valence-electron chi connectivity index (χ3n) is 3.89. The van der Waals surface area contributed by atoms with Crippen molar-refractivity contribution in [1.29, 1.82) is 0 Å². The monoisotopic (exact) mass is 292 g/mol. The second-order valence-electron chi connectivity index (χ2n) is 5.49. The number of phenolic OH excluding ortho intramolecular Hbond substituents is 1. The normalized spacial score (nSPS) is 16.6. The molecule has 1 amide bonds. The van der Waals surface area contributed by atoms with Gasteiger partial charge in [0.1, 0.15) is 0 Å². The van der Waals surface area contributed by atoms with Gasteiger partial charge in [-0.15, -0.1) is 0 Å². The molecule has 5 heteroatoms. The quantitative estimate of drug-likeness (QED) is 0.870. The van der Waals surface area contributed by atoms with Crippen LogP contribution in [0.3, 0.4) is 0 Å². The first-order valence-corrected chi connectivity index (χ1v) is 7.50. The average Bonchev–Trinajstić information content (AvgIpc) is 2.52. The number of nitrogens with zero attached hydrogens (tertiary/aromatic N) is 1. The van der Waals surface area contributed by atoms with E-state index < -0.39 is 0 Å². The van der Waals surface area contributed by atoms with Gasteiger partial charge in [0.25, 0.3) is 0 Å². The van der Waals surface area contributed by atoms with E-state index in [1.54, 1.807) is 12.1 Å². The fraction of sp³-hybridized carbons (Fsp3) is 0.562. The van der Waals surface area contributed by atoms with Crippen molar-refractivity contribution < 1.29 is 14.6 Å². The highest BCUT2D eigenvalue weighted by atomic mass is 16.5. The summed E-state index contributed by atoms with van der Waals surface area (Å²) in [6.45, 7) is 4.17. The van der Waals surface area contributed by atoms with Crippen LogP contribution in [0.5, 0.6) is 11.5 Å². The first-order valence-electron chi connectivity index (χ1n) is 7.50. The summed E-state index contributed by atoms with van der Waals surface area (Å²) in [5, 5.41) is 13.0. The van der Waals surface area contributed by atoms with Crippen molar-refractivity contribution >= 4 is 5.91 Å².